The molecule has 122 valence electrons. The Hall–Kier alpha value is -3.17. The van der Waals surface area contributed by atoms with E-state index < -0.39 is 6.04 Å². The van der Waals surface area contributed by atoms with Gasteiger partial charge in [-0.1, -0.05) is 41.9 Å². The molecule has 0 aliphatic carbocycles. The summed E-state index contributed by atoms with van der Waals surface area (Å²) in [4.78, 5) is 24.3. The average molecular weight is 350 g/mol. The lowest BCUT2D eigenvalue weighted by atomic mass is 10.1. The Morgan fingerprint density at radius 2 is 2.00 bits per heavy atom. The molecule has 6 nitrogen and oxygen atoms in total. The largest absolute Gasteiger partial charge is 0.331 e. The molecule has 2 amide bonds. The highest BCUT2D eigenvalue weighted by Crippen LogP contribution is 2.32. The second-order valence-electron chi connectivity index (χ2n) is 5.61. The fourth-order valence-corrected chi connectivity index (χ4v) is 3.16. The normalized spacial score (nSPS) is 17.1. The third kappa shape index (κ3) is 2.55. The lowest BCUT2D eigenvalue weighted by Gasteiger charge is -2.20. The van der Waals surface area contributed by atoms with Gasteiger partial charge >= 0.3 is 6.03 Å². The van der Waals surface area contributed by atoms with E-state index in [2.05, 4.69) is 16.0 Å². The molecule has 1 aromatic carbocycles. The average Bonchev–Trinajstić information content (AvgIpc) is 2.97. The minimum Gasteiger partial charge on any atom is -0.275 e. The predicted octanol–water partition coefficient (Wildman–Crippen LogP) is 3.62. The Kier molecular flexibility index (Phi) is 3.71. The molecule has 1 fully saturated rings. The molecule has 4 rings (SSSR count). The first-order valence-electron chi connectivity index (χ1n) is 7.64. The van der Waals surface area contributed by atoms with E-state index >= 15 is 0 Å². The van der Waals surface area contributed by atoms with Crippen LogP contribution in [0, 0.1) is 11.3 Å². The summed E-state index contributed by atoms with van der Waals surface area (Å²) < 4.78 is 0. The predicted molar refractivity (Wildman–Crippen MR) is 95.6 cm³/mol. The van der Waals surface area contributed by atoms with Crippen LogP contribution in [0.15, 0.2) is 54.9 Å². The second kappa shape index (κ2) is 6.04. The molecule has 1 aliphatic heterocycles. The molecule has 1 unspecified atom stereocenters. The standard InChI is InChI=1S/C18H12ClN5O/c19-16-6-3-7-17(22-16)23-11-13(8-20)24(18(23)25)15-10-21-9-12-4-1-2-5-14(12)15/h1-7,9-10,13H,11H2. The van der Waals surface area contributed by atoms with Gasteiger partial charge in [0.2, 0.25) is 0 Å². The van der Waals surface area contributed by atoms with Crippen LogP contribution in [0.3, 0.4) is 0 Å². The van der Waals surface area contributed by atoms with Crippen LogP contribution in [0.1, 0.15) is 0 Å². The summed E-state index contributed by atoms with van der Waals surface area (Å²) in [6, 6.07) is 13.9. The minimum atomic E-state index is -0.638. The molecule has 7 heteroatoms. The fraction of sp³-hybridized carbons (Fsp3) is 0.111. The van der Waals surface area contributed by atoms with Gasteiger partial charge in [0.15, 0.2) is 0 Å². The van der Waals surface area contributed by atoms with Crippen LogP contribution in [0.5, 0.6) is 0 Å². The van der Waals surface area contributed by atoms with Crippen molar-refractivity contribution in [2.45, 2.75) is 6.04 Å². The zero-order valence-electron chi connectivity index (χ0n) is 13.0. The van der Waals surface area contributed by atoms with Gasteiger partial charge in [0.1, 0.15) is 17.0 Å². The zero-order valence-corrected chi connectivity index (χ0v) is 13.8. The van der Waals surface area contributed by atoms with Crippen molar-refractivity contribution in [1.29, 1.82) is 5.26 Å². The van der Waals surface area contributed by atoms with E-state index in [1.54, 1.807) is 30.6 Å². The van der Waals surface area contributed by atoms with Crippen molar-refractivity contribution in [1.82, 2.24) is 9.97 Å². The number of hydrogen-bond acceptors (Lipinski definition) is 4. The summed E-state index contributed by atoms with van der Waals surface area (Å²) in [7, 11) is 0. The number of urea groups is 1. The Morgan fingerprint density at radius 3 is 2.80 bits per heavy atom. The molecule has 1 aliphatic rings. The van der Waals surface area contributed by atoms with Crippen molar-refractivity contribution < 1.29 is 4.79 Å². The van der Waals surface area contributed by atoms with Crippen molar-refractivity contribution in [2.24, 2.45) is 0 Å². The number of pyridine rings is 2. The first kappa shape index (κ1) is 15.4. The lowest BCUT2D eigenvalue weighted by Crippen LogP contribution is -2.34. The number of carbonyl (C=O) groups is 1. The zero-order chi connectivity index (χ0) is 17.4. The van der Waals surface area contributed by atoms with Crippen molar-refractivity contribution in [3.05, 3.63) is 60.0 Å². The van der Waals surface area contributed by atoms with Crippen LogP contribution in [-0.4, -0.2) is 28.6 Å². The highest BCUT2D eigenvalue weighted by Gasteiger charge is 2.40. The van der Waals surface area contributed by atoms with Gasteiger partial charge in [-0.2, -0.15) is 5.26 Å². The quantitative estimate of drug-likeness (QED) is 0.662. The topological polar surface area (TPSA) is 73.1 Å². The molecule has 0 N–H and O–H groups in total. The van der Waals surface area contributed by atoms with Crippen LogP contribution < -0.4 is 9.80 Å². The third-order valence-corrected chi connectivity index (χ3v) is 4.35. The number of amides is 2. The van der Waals surface area contributed by atoms with Gasteiger partial charge in [0.25, 0.3) is 0 Å². The number of nitrogens with zero attached hydrogens (tertiary/aromatic N) is 5. The maximum atomic E-state index is 13.0. The monoisotopic (exact) mass is 349 g/mol. The van der Waals surface area contributed by atoms with Crippen LogP contribution >= 0.6 is 11.6 Å². The second-order valence-corrected chi connectivity index (χ2v) is 5.99. The Bertz CT molecular complexity index is 1010. The Balaban J connectivity index is 1.81. The smallest absolute Gasteiger partial charge is 0.275 e. The highest BCUT2D eigenvalue weighted by molar-refractivity contribution is 6.29. The SMILES string of the molecule is N#CC1CN(c2cccc(Cl)n2)C(=O)N1c1cncc2ccccc12. The van der Waals surface area contributed by atoms with E-state index in [1.165, 1.54) is 9.80 Å². The van der Waals surface area contributed by atoms with E-state index in [-0.39, 0.29) is 12.6 Å². The molecule has 3 aromatic rings. The van der Waals surface area contributed by atoms with Gasteiger partial charge in [0.05, 0.1) is 24.5 Å². The summed E-state index contributed by atoms with van der Waals surface area (Å²) in [5, 5.41) is 11.6. The molecule has 0 spiro atoms. The molecule has 0 saturated carbocycles. The third-order valence-electron chi connectivity index (χ3n) is 4.14. The van der Waals surface area contributed by atoms with Crippen LogP contribution in [0.2, 0.25) is 5.15 Å². The van der Waals surface area contributed by atoms with Crippen LogP contribution in [0.4, 0.5) is 16.3 Å². The summed E-state index contributed by atoms with van der Waals surface area (Å²) >= 11 is 5.94. The van der Waals surface area contributed by atoms with Gasteiger partial charge in [0, 0.05) is 17.0 Å². The summed E-state index contributed by atoms with van der Waals surface area (Å²) in [5.41, 5.74) is 0.610. The van der Waals surface area contributed by atoms with Gasteiger partial charge in [-0.15, -0.1) is 0 Å². The number of anilines is 2. The molecular formula is C18H12ClN5O. The number of aromatic nitrogens is 2. The maximum absolute atomic E-state index is 13.0. The lowest BCUT2D eigenvalue weighted by molar-refractivity contribution is 0.255. The number of halogens is 1. The van der Waals surface area contributed by atoms with Gasteiger partial charge < -0.3 is 0 Å². The van der Waals surface area contributed by atoms with E-state index in [0.717, 1.165) is 10.8 Å². The van der Waals surface area contributed by atoms with Crippen molar-refractivity contribution >= 4 is 39.9 Å². The molecular weight excluding hydrogens is 338 g/mol. The number of fused-ring (bicyclic) bond motifs is 1. The number of rotatable bonds is 2. The van der Waals surface area contributed by atoms with Gasteiger partial charge in [-0.25, -0.2) is 9.78 Å². The molecule has 0 bridgehead atoms. The molecule has 1 saturated heterocycles. The molecule has 2 aromatic heterocycles. The maximum Gasteiger partial charge on any atom is 0.331 e. The molecule has 25 heavy (non-hydrogen) atoms. The van der Waals surface area contributed by atoms with E-state index in [9.17, 15) is 10.1 Å². The summed E-state index contributed by atoms with van der Waals surface area (Å²) in [6.45, 7) is 0.214. The minimum absolute atomic E-state index is 0.214. The van der Waals surface area contributed by atoms with Crippen molar-refractivity contribution in [2.75, 3.05) is 16.3 Å². The van der Waals surface area contributed by atoms with E-state index in [4.69, 9.17) is 11.6 Å². The first-order valence-corrected chi connectivity index (χ1v) is 8.02. The van der Waals surface area contributed by atoms with E-state index in [0.29, 0.717) is 16.7 Å². The summed E-state index contributed by atoms with van der Waals surface area (Å²) in [5.74, 6) is 0.424. The van der Waals surface area contributed by atoms with E-state index in [1.807, 2.05) is 24.3 Å². The highest BCUT2D eigenvalue weighted by atomic mass is 35.5. The first-order chi connectivity index (χ1) is 12.2. The number of nitriles is 1. The molecule has 3 heterocycles. The van der Waals surface area contributed by atoms with Crippen molar-refractivity contribution in [3.8, 4) is 6.07 Å². The Labute approximate surface area is 148 Å². The summed E-state index contributed by atoms with van der Waals surface area (Å²) in [6.07, 6.45) is 3.34. The molecule has 1 atom stereocenters. The van der Waals surface area contributed by atoms with Crippen LogP contribution in [0.25, 0.3) is 10.8 Å². The Morgan fingerprint density at radius 1 is 1.16 bits per heavy atom. The number of benzene rings is 1. The van der Waals surface area contributed by atoms with Crippen LogP contribution in [-0.2, 0) is 0 Å². The van der Waals surface area contributed by atoms with Gasteiger partial charge in [-0.05, 0) is 12.1 Å². The fourth-order valence-electron chi connectivity index (χ4n) is 3.00. The number of carbonyl (C=O) groups excluding carboxylic acids is 1. The van der Waals surface area contributed by atoms with Gasteiger partial charge in [-0.3, -0.25) is 14.8 Å². The molecule has 0 radical (unpaired) electrons. The van der Waals surface area contributed by atoms with Crippen molar-refractivity contribution in [3.63, 3.8) is 0 Å². The number of hydrogen-bond donors (Lipinski definition) is 0.